The third kappa shape index (κ3) is 2.55. The Morgan fingerprint density at radius 1 is 0.652 bits per heavy atom. The first kappa shape index (κ1) is 13.5. The smallest absolute Gasteiger partial charge is 0.0715 e. The highest BCUT2D eigenvalue weighted by Gasteiger charge is 2.05. The zero-order valence-electron chi connectivity index (χ0n) is 12.6. The molecule has 0 bridgehead atoms. The van der Waals surface area contributed by atoms with Crippen molar-refractivity contribution in [2.24, 2.45) is 0 Å². The minimum atomic E-state index is 0.783. The van der Waals surface area contributed by atoms with Crippen molar-refractivity contribution in [1.29, 1.82) is 0 Å². The average Bonchev–Trinajstić information content (AvgIpc) is 2.62. The molecule has 2 N–H and O–H groups in total. The monoisotopic (exact) mass is 296 g/mol. The highest BCUT2D eigenvalue weighted by molar-refractivity contribution is 5.88. The number of nitrogens with zero attached hydrogens (tertiary/aromatic N) is 1. The number of pyridine rings is 1. The lowest BCUT2D eigenvalue weighted by molar-refractivity contribution is 1.40. The first-order valence-corrected chi connectivity index (χ1v) is 7.62. The van der Waals surface area contributed by atoms with Crippen molar-refractivity contribution in [2.75, 3.05) is 5.73 Å². The lowest BCUT2D eigenvalue weighted by atomic mass is 10.0. The summed E-state index contributed by atoms with van der Waals surface area (Å²) < 4.78 is 0. The molecule has 0 radical (unpaired) electrons. The normalized spacial score (nSPS) is 10.8. The molecule has 0 fully saturated rings. The number of benzene rings is 3. The maximum atomic E-state index is 6.10. The van der Waals surface area contributed by atoms with Crippen molar-refractivity contribution in [2.45, 2.75) is 0 Å². The summed E-state index contributed by atoms with van der Waals surface area (Å²) in [6, 6.07) is 28.6. The summed E-state index contributed by atoms with van der Waals surface area (Å²) in [6.07, 6.45) is 0. The Kier molecular flexibility index (Phi) is 3.28. The molecule has 2 nitrogen and oxygen atoms in total. The van der Waals surface area contributed by atoms with Crippen LogP contribution in [0.3, 0.4) is 0 Å². The largest absolute Gasteiger partial charge is 0.398 e. The number of rotatable bonds is 2. The Balaban J connectivity index is 1.86. The van der Waals surface area contributed by atoms with Crippen LogP contribution in [0.2, 0.25) is 0 Å². The van der Waals surface area contributed by atoms with Crippen molar-refractivity contribution in [1.82, 2.24) is 4.98 Å². The maximum Gasteiger partial charge on any atom is 0.0715 e. The topological polar surface area (TPSA) is 38.9 Å². The molecule has 1 aromatic heterocycles. The second kappa shape index (κ2) is 5.58. The van der Waals surface area contributed by atoms with Crippen LogP contribution in [0.5, 0.6) is 0 Å². The van der Waals surface area contributed by atoms with Crippen LogP contribution in [0.25, 0.3) is 33.3 Å². The van der Waals surface area contributed by atoms with E-state index in [2.05, 4.69) is 42.5 Å². The number of para-hydroxylation sites is 1. The SMILES string of the molecule is Nc1ccccc1-c1ccc2ccc(-c3ccccc3)nc2c1. The molecule has 0 aliphatic rings. The molecule has 23 heavy (non-hydrogen) atoms. The minimum absolute atomic E-state index is 0.783. The number of aromatic nitrogens is 1. The lowest BCUT2D eigenvalue weighted by Gasteiger charge is -2.08. The Hall–Kier alpha value is -3.13. The first-order valence-electron chi connectivity index (χ1n) is 7.62. The van der Waals surface area contributed by atoms with E-state index in [9.17, 15) is 0 Å². The van der Waals surface area contributed by atoms with Gasteiger partial charge >= 0.3 is 0 Å². The van der Waals surface area contributed by atoms with E-state index >= 15 is 0 Å². The van der Waals surface area contributed by atoms with Crippen molar-refractivity contribution in [3.63, 3.8) is 0 Å². The van der Waals surface area contributed by atoms with Gasteiger partial charge in [0, 0.05) is 22.2 Å². The molecule has 0 atom stereocenters. The summed E-state index contributed by atoms with van der Waals surface area (Å²) >= 11 is 0. The highest BCUT2D eigenvalue weighted by Crippen LogP contribution is 2.29. The molecule has 0 aliphatic carbocycles. The van der Waals surface area contributed by atoms with E-state index < -0.39 is 0 Å². The summed E-state index contributed by atoms with van der Waals surface area (Å²) in [5.41, 5.74) is 12.1. The Morgan fingerprint density at radius 2 is 1.39 bits per heavy atom. The van der Waals surface area contributed by atoms with E-state index in [4.69, 9.17) is 10.7 Å². The van der Waals surface area contributed by atoms with Crippen LogP contribution in [-0.4, -0.2) is 4.98 Å². The summed E-state index contributed by atoms with van der Waals surface area (Å²) in [7, 11) is 0. The van der Waals surface area contributed by atoms with Gasteiger partial charge in [-0.2, -0.15) is 0 Å². The first-order chi connectivity index (χ1) is 11.3. The van der Waals surface area contributed by atoms with Gasteiger partial charge < -0.3 is 5.73 Å². The van der Waals surface area contributed by atoms with Gasteiger partial charge in [-0.05, 0) is 23.8 Å². The molecule has 4 aromatic rings. The molecule has 0 aliphatic heterocycles. The highest BCUT2D eigenvalue weighted by atomic mass is 14.7. The molecule has 0 amide bonds. The van der Waals surface area contributed by atoms with E-state index in [0.29, 0.717) is 0 Å². The van der Waals surface area contributed by atoms with Gasteiger partial charge in [-0.1, -0.05) is 66.7 Å². The fourth-order valence-electron chi connectivity index (χ4n) is 2.81. The third-order valence-corrected chi connectivity index (χ3v) is 4.03. The molecule has 0 unspecified atom stereocenters. The van der Waals surface area contributed by atoms with Crippen LogP contribution in [0.1, 0.15) is 0 Å². The van der Waals surface area contributed by atoms with Crippen LogP contribution < -0.4 is 5.73 Å². The summed E-state index contributed by atoms with van der Waals surface area (Å²) in [5.74, 6) is 0. The van der Waals surface area contributed by atoms with Crippen molar-refractivity contribution in [3.05, 3.63) is 84.9 Å². The second-order valence-corrected chi connectivity index (χ2v) is 5.56. The van der Waals surface area contributed by atoms with E-state index in [1.807, 2.05) is 42.5 Å². The number of nitrogens with two attached hydrogens (primary N) is 1. The van der Waals surface area contributed by atoms with Crippen molar-refractivity contribution >= 4 is 16.6 Å². The van der Waals surface area contributed by atoms with Gasteiger partial charge in [0.1, 0.15) is 0 Å². The van der Waals surface area contributed by atoms with Crippen molar-refractivity contribution in [3.8, 4) is 22.4 Å². The molecule has 0 spiro atoms. The maximum absolute atomic E-state index is 6.10. The molecule has 4 rings (SSSR count). The van der Waals surface area contributed by atoms with Crippen LogP contribution in [0.4, 0.5) is 5.69 Å². The lowest BCUT2D eigenvalue weighted by Crippen LogP contribution is -1.90. The summed E-state index contributed by atoms with van der Waals surface area (Å²) in [4.78, 5) is 4.82. The Bertz CT molecular complexity index is 975. The van der Waals surface area contributed by atoms with Crippen LogP contribution in [0, 0.1) is 0 Å². The zero-order valence-corrected chi connectivity index (χ0v) is 12.6. The fraction of sp³-hybridized carbons (Fsp3) is 0. The van der Waals surface area contributed by atoms with Gasteiger partial charge in [0.15, 0.2) is 0 Å². The van der Waals surface area contributed by atoms with Gasteiger partial charge in [0.05, 0.1) is 11.2 Å². The van der Waals surface area contributed by atoms with Crippen LogP contribution >= 0.6 is 0 Å². The molecule has 2 heteroatoms. The third-order valence-electron chi connectivity index (χ3n) is 4.03. The number of anilines is 1. The van der Waals surface area contributed by atoms with Crippen LogP contribution in [-0.2, 0) is 0 Å². The average molecular weight is 296 g/mol. The van der Waals surface area contributed by atoms with Gasteiger partial charge in [-0.3, -0.25) is 0 Å². The quantitative estimate of drug-likeness (QED) is 0.519. The molecule has 110 valence electrons. The van der Waals surface area contributed by atoms with E-state index in [1.54, 1.807) is 0 Å². The summed E-state index contributed by atoms with van der Waals surface area (Å²) in [5, 5.41) is 1.13. The van der Waals surface area contributed by atoms with Gasteiger partial charge in [-0.25, -0.2) is 4.98 Å². The molecule has 1 heterocycles. The molecular weight excluding hydrogens is 280 g/mol. The minimum Gasteiger partial charge on any atom is -0.398 e. The fourth-order valence-corrected chi connectivity index (χ4v) is 2.81. The summed E-state index contributed by atoms with van der Waals surface area (Å²) in [6.45, 7) is 0. The zero-order chi connectivity index (χ0) is 15.6. The second-order valence-electron chi connectivity index (χ2n) is 5.56. The number of fused-ring (bicyclic) bond motifs is 1. The Morgan fingerprint density at radius 3 is 2.22 bits per heavy atom. The molecule has 0 saturated carbocycles. The van der Waals surface area contributed by atoms with Gasteiger partial charge in [0.2, 0.25) is 0 Å². The van der Waals surface area contributed by atoms with E-state index in [-0.39, 0.29) is 0 Å². The van der Waals surface area contributed by atoms with E-state index in [0.717, 1.165) is 39.0 Å². The number of nitrogen functional groups attached to an aromatic ring is 1. The number of hydrogen-bond donors (Lipinski definition) is 1. The Labute approximate surface area is 135 Å². The number of hydrogen-bond acceptors (Lipinski definition) is 2. The van der Waals surface area contributed by atoms with E-state index in [1.165, 1.54) is 0 Å². The van der Waals surface area contributed by atoms with Crippen molar-refractivity contribution < 1.29 is 0 Å². The molecule has 3 aromatic carbocycles. The predicted octanol–water partition coefficient (Wildman–Crippen LogP) is 5.15. The van der Waals surface area contributed by atoms with Crippen LogP contribution in [0.15, 0.2) is 84.9 Å². The van der Waals surface area contributed by atoms with Gasteiger partial charge in [-0.15, -0.1) is 0 Å². The molecular formula is C21H16N2. The predicted molar refractivity (Wildman–Crippen MR) is 97.0 cm³/mol. The standard InChI is InChI=1S/C21H16N2/c22-19-9-5-4-8-18(19)17-11-10-16-12-13-20(23-21(16)14-17)15-6-2-1-3-7-15/h1-14H,22H2. The van der Waals surface area contributed by atoms with Gasteiger partial charge in [0.25, 0.3) is 0 Å². The molecule has 0 saturated heterocycles.